The number of para-hydroxylation sites is 1. The van der Waals surface area contributed by atoms with E-state index in [9.17, 15) is 9.18 Å². The molecule has 1 atom stereocenters. The summed E-state index contributed by atoms with van der Waals surface area (Å²) >= 11 is 0. The number of aryl methyl sites for hydroxylation is 1. The van der Waals surface area contributed by atoms with E-state index in [4.69, 9.17) is 0 Å². The Morgan fingerprint density at radius 2 is 2.05 bits per heavy atom. The van der Waals surface area contributed by atoms with Crippen LogP contribution in [0.4, 0.5) is 15.8 Å². The van der Waals surface area contributed by atoms with Crippen molar-refractivity contribution >= 4 is 17.3 Å². The average Bonchev–Trinajstić information content (AvgIpc) is 2.76. The third kappa shape index (κ3) is 2.13. The van der Waals surface area contributed by atoms with Crippen LogP contribution in [0.5, 0.6) is 0 Å². The van der Waals surface area contributed by atoms with Crippen molar-refractivity contribution in [2.75, 3.05) is 10.6 Å². The number of nitrogens with one attached hydrogen (secondary N) is 2. The molecule has 0 fully saturated rings. The van der Waals surface area contributed by atoms with Gasteiger partial charge in [0, 0.05) is 16.9 Å². The zero-order valence-electron chi connectivity index (χ0n) is 11.1. The first kappa shape index (κ1) is 12.7. The third-order valence-corrected chi connectivity index (χ3v) is 3.54. The van der Waals surface area contributed by atoms with Crippen LogP contribution in [-0.2, 0) is 11.2 Å². The van der Waals surface area contributed by atoms with Crippen molar-refractivity contribution in [3.8, 4) is 0 Å². The second-order valence-corrected chi connectivity index (χ2v) is 4.81. The van der Waals surface area contributed by atoms with E-state index in [0.29, 0.717) is 11.3 Å². The Hall–Kier alpha value is -2.36. The number of hydrogen-bond acceptors (Lipinski definition) is 2. The summed E-state index contributed by atoms with van der Waals surface area (Å²) in [5.74, 6) is -0.493. The van der Waals surface area contributed by atoms with Crippen LogP contribution in [0.15, 0.2) is 42.5 Å². The maximum Gasteiger partial charge on any atom is 0.251 e. The van der Waals surface area contributed by atoms with Gasteiger partial charge in [-0.3, -0.25) is 4.79 Å². The Balaban J connectivity index is 1.96. The molecule has 1 amide bonds. The molecule has 20 heavy (non-hydrogen) atoms. The molecule has 0 saturated heterocycles. The molecule has 0 aromatic heterocycles. The van der Waals surface area contributed by atoms with E-state index in [0.717, 1.165) is 17.7 Å². The summed E-state index contributed by atoms with van der Waals surface area (Å²) in [5.41, 5.74) is 3.36. The quantitative estimate of drug-likeness (QED) is 0.896. The van der Waals surface area contributed by atoms with Crippen LogP contribution >= 0.6 is 0 Å². The maximum atomic E-state index is 13.4. The van der Waals surface area contributed by atoms with Crippen LogP contribution in [0.25, 0.3) is 0 Å². The van der Waals surface area contributed by atoms with Crippen molar-refractivity contribution in [1.29, 1.82) is 0 Å². The van der Waals surface area contributed by atoms with Crippen molar-refractivity contribution in [3.63, 3.8) is 0 Å². The predicted octanol–water partition coefficient (Wildman–Crippen LogP) is 3.49. The summed E-state index contributed by atoms with van der Waals surface area (Å²) in [6, 6.07) is 11.6. The Kier molecular flexibility index (Phi) is 3.14. The third-order valence-electron chi connectivity index (χ3n) is 3.54. The maximum absolute atomic E-state index is 13.4. The fourth-order valence-corrected chi connectivity index (χ4v) is 2.50. The van der Waals surface area contributed by atoms with E-state index >= 15 is 0 Å². The van der Waals surface area contributed by atoms with Gasteiger partial charge in [0.25, 0.3) is 5.91 Å². The summed E-state index contributed by atoms with van der Waals surface area (Å²) in [5, 5.41) is 5.98. The van der Waals surface area contributed by atoms with Gasteiger partial charge in [-0.15, -0.1) is 0 Å². The lowest BCUT2D eigenvalue weighted by atomic mass is 10.1. The number of hydrogen-bond donors (Lipinski definition) is 2. The number of rotatable bonds is 3. The van der Waals surface area contributed by atoms with Gasteiger partial charge in [-0.05, 0) is 36.2 Å². The number of amides is 1. The lowest BCUT2D eigenvalue weighted by Crippen LogP contribution is -2.20. The fourth-order valence-electron chi connectivity index (χ4n) is 2.50. The van der Waals surface area contributed by atoms with Crippen molar-refractivity contribution in [2.45, 2.75) is 19.4 Å². The molecule has 1 aliphatic heterocycles. The summed E-state index contributed by atoms with van der Waals surface area (Å²) in [6.07, 6.45) is 0.869. The first-order valence-corrected chi connectivity index (χ1v) is 6.64. The van der Waals surface area contributed by atoms with Gasteiger partial charge in [-0.1, -0.05) is 25.1 Å². The van der Waals surface area contributed by atoms with Crippen molar-refractivity contribution < 1.29 is 9.18 Å². The molecule has 0 saturated carbocycles. The summed E-state index contributed by atoms with van der Waals surface area (Å²) in [7, 11) is 0. The molecule has 2 N–H and O–H groups in total. The molecule has 0 bridgehead atoms. The molecule has 0 spiro atoms. The van der Waals surface area contributed by atoms with Crippen molar-refractivity contribution in [1.82, 2.24) is 0 Å². The average molecular weight is 270 g/mol. The highest BCUT2D eigenvalue weighted by atomic mass is 19.1. The first-order chi connectivity index (χ1) is 9.69. The number of carbonyl (C=O) groups excluding carboxylic acids is 1. The zero-order chi connectivity index (χ0) is 14.1. The van der Waals surface area contributed by atoms with Crippen molar-refractivity contribution in [3.05, 3.63) is 59.4 Å². The van der Waals surface area contributed by atoms with E-state index in [1.807, 2.05) is 24.3 Å². The van der Waals surface area contributed by atoms with Crippen LogP contribution in [0.3, 0.4) is 0 Å². The molecule has 102 valence electrons. The smallest absolute Gasteiger partial charge is 0.251 e. The minimum absolute atomic E-state index is 0.156. The highest BCUT2D eigenvalue weighted by molar-refractivity contribution is 6.04. The molecule has 3 rings (SSSR count). The minimum atomic E-state index is -0.548. The second kappa shape index (κ2) is 4.96. The molecule has 2 aromatic rings. The fraction of sp³-hybridized carbons (Fsp3) is 0.188. The highest BCUT2D eigenvalue weighted by Gasteiger charge is 2.31. The van der Waals surface area contributed by atoms with E-state index in [1.165, 1.54) is 12.1 Å². The van der Waals surface area contributed by atoms with Crippen LogP contribution < -0.4 is 10.6 Å². The molecule has 1 aliphatic rings. The monoisotopic (exact) mass is 270 g/mol. The van der Waals surface area contributed by atoms with E-state index in [1.54, 1.807) is 6.07 Å². The largest absolute Gasteiger partial charge is 0.370 e. The molecule has 3 nitrogen and oxygen atoms in total. The first-order valence-electron chi connectivity index (χ1n) is 6.64. The van der Waals surface area contributed by atoms with Crippen LogP contribution in [0, 0.1) is 5.82 Å². The molecule has 0 radical (unpaired) electrons. The van der Waals surface area contributed by atoms with Crippen LogP contribution in [0.2, 0.25) is 0 Å². The SMILES string of the molecule is CCc1ccccc1NC1C(=O)Nc2ccc(F)cc21. The normalized spacial score (nSPS) is 16.7. The Morgan fingerprint density at radius 1 is 1.25 bits per heavy atom. The van der Waals surface area contributed by atoms with Gasteiger partial charge >= 0.3 is 0 Å². The lowest BCUT2D eigenvalue weighted by molar-refractivity contribution is -0.116. The van der Waals surface area contributed by atoms with Gasteiger partial charge in [-0.25, -0.2) is 4.39 Å². The van der Waals surface area contributed by atoms with Crippen LogP contribution in [-0.4, -0.2) is 5.91 Å². The Bertz CT molecular complexity index is 669. The number of anilines is 2. The molecule has 1 heterocycles. The highest BCUT2D eigenvalue weighted by Crippen LogP contribution is 2.34. The van der Waals surface area contributed by atoms with E-state index < -0.39 is 6.04 Å². The van der Waals surface area contributed by atoms with Gasteiger partial charge in [0.2, 0.25) is 0 Å². The lowest BCUT2D eigenvalue weighted by Gasteiger charge is -2.16. The van der Waals surface area contributed by atoms with Gasteiger partial charge in [0.15, 0.2) is 0 Å². The van der Waals surface area contributed by atoms with Gasteiger partial charge in [0.1, 0.15) is 11.9 Å². The van der Waals surface area contributed by atoms with Crippen molar-refractivity contribution in [2.24, 2.45) is 0 Å². The van der Waals surface area contributed by atoms with Gasteiger partial charge in [-0.2, -0.15) is 0 Å². The molecule has 1 unspecified atom stereocenters. The molecule has 0 aliphatic carbocycles. The summed E-state index contributed by atoms with van der Waals surface area (Å²) in [4.78, 5) is 12.1. The Morgan fingerprint density at radius 3 is 2.85 bits per heavy atom. The minimum Gasteiger partial charge on any atom is -0.370 e. The molecule has 2 aromatic carbocycles. The van der Waals surface area contributed by atoms with E-state index in [2.05, 4.69) is 17.6 Å². The molecular formula is C16H15FN2O. The number of benzene rings is 2. The predicted molar refractivity (Wildman–Crippen MR) is 77.2 cm³/mol. The molecular weight excluding hydrogens is 255 g/mol. The second-order valence-electron chi connectivity index (χ2n) is 4.81. The summed E-state index contributed by atoms with van der Waals surface area (Å²) in [6.45, 7) is 2.06. The van der Waals surface area contributed by atoms with Gasteiger partial charge in [0.05, 0.1) is 0 Å². The number of halogens is 1. The number of fused-ring (bicyclic) bond motifs is 1. The number of carbonyl (C=O) groups is 1. The topological polar surface area (TPSA) is 41.1 Å². The molecule has 4 heteroatoms. The van der Waals surface area contributed by atoms with E-state index in [-0.39, 0.29) is 11.7 Å². The standard InChI is InChI=1S/C16H15FN2O/c1-2-10-5-3-4-6-13(10)18-15-12-9-11(17)7-8-14(12)19-16(15)20/h3-9,15,18H,2H2,1H3,(H,19,20). The Labute approximate surface area is 116 Å². The van der Waals surface area contributed by atoms with Gasteiger partial charge < -0.3 is 10.6 Å². The zero-order valence-corrected chi connectivity index (χ0v) is 11.1. The van der Waals surface area contributed by atoms with Crippen LogP contribution in [0.1, 0.15) is 24.1 Å². The summed E-state index contributed by atoms with van der Waals surface area (Å²) < 4.78 is 13.4.